The minimum atomic E-state index is 0.310. The summed E-state index contributed by atoms with van der Waals surface area (Å²) in [5, 5.41) is 12.4. The molecule has 0 saturated heterocycles. The third-order valence-corrected chi connectivity index (χ3v) is 3.84. The normalized spacial score (nSPS) is 27.6. The third-order valence-electron chi connectivity index (χ3n) is 3.84. The molecule has 0 aromatic heterocycles. The number of rotatable bonds is 6. The molecule has 1 rings (SSSR count). The Morgan fingerprint density at radius 1 is 1.56 bits per heavy atom. The van der Waals surface area contributed by atoms with Crippen molar-refractivity contribution in [1.29, 1.82) is 0 Å². The molecule has 2 nitrogen and oxygen atoms in total. The molecule has 3 unspecified atom stereocenters. The molecule has 0 radical (unpaired) electrons. The summed E-state index contributed by atoms with van der Waals surface area (Å²) in [6, 6.07) is 0.522. The lowest BCUT2D eigenvalue weighted by Crippen LogP contribution is -2.35. The molecule has 0 aliphatic heterocycles. The zero-order chi connectivity index (χ0) is 12.0. The molecule has 0 saturated carbocycles. The summed E-state index contributed by atoms with van der Waals surface area (Å²) in [5.74, 6) is 1.52. The average Bonchev–Trinajstić information content (AvgIpc) is 2.25. The maximum atomic E-state index is 8.78. The Balaban J connectivity index is 2.30. The minimum absolute atomic E-state index is 0.310. The maximum absolute atomic E-state index is 8.78. The molecule has 0 aromatic rings. The van der Waals surface area contributed by atoms with E-state index in [-0.39, 0.29) is 0 Å². The smallest absolute Gasteiger partial charge is 0.0431 e. The van der Waals surface area contributed by atoms with Crippen molar-refractivity contribution in [2.75, 3.05) is 13.2 Å². The van der Waals surface area contributed by atoms with E-state index >= 15 is 0 Å². The van der Waals surface area contributed by atoms with E-state index in [1.165, 1.54) is 12.8 Å². The van der Waals surface area contributed by atoms with E-state index in [0.29, 0.717) is 18.6 Å². The molecule has 94 valence electrons. The van der Waals surface area contributed by atoms with Crippen LogP contribution in [-0.4, -0.2) is 24.3 Å². The number of aliphatic hydroxyl groups is 1. The van der Waals surface area contributed by atoms with E-state index in [2.05, 4.69) is 32.2 Å². The molecule has 0 spiro atoms. The second kappa shape index (κ2) is 7.08. The van der Waals surface area contributed by atoms with Gasteiger partial charge < -0.3 is 10.4 Å². The molecular formula is C14H27NO. The molecule has 0 heterocycles. The predicted octanol–water partition coefficient (Wildman–Crippen LogP) is 2.73. The first-order valence-electron chi connectivity index (χ1n) is 6.66. The number of hydrogen-bond acceptors (Lipinski definition) is 2. The van der Waals surface area contributed by atoms with Crippen LogP contribution in [0.2, 0.25) is 0 Å². The topological polar surface area (TPSA) is 32.3 Å². The van der Waals surface area contributed by atoms with Gasteiger partial charge >= 0.3 is 0 Å². The SMILES string of the molecule is CC1=CCCC(C)C1CNC(C)CCCO. The van der Waals surface area contributed by atoms with Gasteiger partial charge in [-0.1, -0.05) is 18.6 Å². The van der Waals surface area contributed by atoms with Crippen molar-refractivity contribution in [3.8, 4) is 0 Å². The molecule has 0 aromatic carbocycles. The minimum Gasteiger partial charge on any atom is -0.396 e. The van der Waals surface area contributed by atoms with Gasteiger partial charge in [0.15, 0.2) is 0 Å². The van der Waals surface area contributed by atoms with Gasteiger partial charge in [-0.05, 0) is 51.4 Å². The zero-order valence-electron chi connectivity index (χ0n) is 11.0. The fraction of sp³-hybridized carbons (Fsp3) is 0.857. The molecule has 16 heavy (non-hydrogen) atoms. The van der Waals surface area contributed by atoms with Gasteiger partial charge in [-0.3, -0.25) is 0 Å². The predicted molar refractivity (Wildman–Crippen MR) is 69.4 cm³/mol. The Labute approximate surface area is 100 Å². The third kappa shape index (κ3) is 4.26. The fourth-order valence-electron chi connectivity index (χ4n) is 2.57. The standard InChI is InChI=1S/C14H27NO/c1-11-6-4-7-12(2)14(11)10-15-13(3)8-5-9-16/h6,12-16H,4-5,7-10H2,1-3H3. The van der Waals surface area contributed by atoms with Crippen molar-refractivity contribution in [3.63, 3.8) is 0 Å². The summed E-state index contributed by atoms with van der Waals surface area (Å²) in [7, 11) is 0. The van der Waals surface area contributed by atoms with E-state index in [9.17, 15) is 0 Å². The monoisotopic (exact) mass is 225 g/mol. The summed E-state index contributed by atoms with van der Waals surface area (Å²) >= 11 is 0. The Hall–Kier alpha value is -0.340. The molecule has 1 aliphatic rings. The molecule has 2 N–H and O–H groups in total. The number of hydrogen-bond donors (Lipinski definition) is 2. The second-order valence-corrected chi connectivity index (χ2v) is 5.28. The van der Waals surface area contributed by atoms with Gasteiger partial charge in [0.05, 0.1) is 0 Å². The van der Waals surface area contributed by atoms with E-state index in [1.807, 2.05) is 0 Å². The summed E-state index contributed by atoms with van der Waals surface area (Å²) < 4.78 is 0. The first-order valence-corrected chi connectivity index (χ1v) is 6.66. The summed E-state index contributed by atoms with van der Waals surface area (Å²) in [6.07, 6.45) is 6.95. The number of allylic oxidation sites excluding steroid dienone is 1. The fourth-order valence-corrected chi connectivity index (χ4v) is 2.57. The lowest BCUT2D eigenvalue weighted by Gasteiger charge is -2.30. The highest BCUT2D eigenvalue weighted by Gasteiger charge is 2.21. The number of aliphatic hydroxyl groups excluding tert-OH is 1. The van der Waals surface area contributed by atoms with Crippen molar-refractivity contribution >= 4 is 0 Å². The summed E-state index contributed by atoms with van der Waals surface area (Å²) in [5.41, 5.74) is 1.56. The van der Waals surface area contributed by atoms with Crippen molar-refractivity contribution in [2.45, 2.75) is 52.5 Å². The molecule has 1 aliphatic carbocycles. The Morgan fingerprint density at radius 2 is 2.31 bits per heavy atom. The van der Waals surface area contributed by atoms with Crippen LogP contribution in [0.4, 0.5) is 0 Å². The highest BCUT2D eigenvalue weighted by molar-refractivity contribution is 5.09. The van der Waals surface area contributed by atoms with E-state index in [4.69, 9.17) is 5.11 Å². The number of nitrogens with one attached hydrogen (secondary N) is 1. The zero-order valence-corrected chi connectivity index (χ0v) is 11.0. The molecular weight excluding hydrogens is 198 g/mol. The van der Waals surface area contributed by atoms with Gasteiger partial charge in [0, 0.05) is 19.2 Å². The quantitative estimate of drug-likeness (QED) is 0.681. The van der Waals surface area contributed by atoms with E-state index in [0.717, 1.165) is 25.3 Å². The van der Waals surface area contributed by atoms with Crippen LogP contribution >= 0.6 is 0 Å². The highest BCUT2D eigenvalue weighted by Crippen LogP contribution is 2.29. The average molecular weight is 225 g/mol. The van der Waals surface area contributed by atoms with Crippen molar-refractivity contribution in [2.24, 2.45) is 11.8 Å². The van der Waals surface area contributed by atoms with Gasteiger partial charge in [0.2, 0.25) is 0 Å². The first-order chi connectivity index (χ1) is 7.65. The molecule has 2 heteroatoms. The van der Waals surface area contributed by atoms with Crippen LogP contribution in [0.3, 0.4) is 0 Å². The molecule has 0 fully saturated rings. The lowest BCUT2D eigenvalue weighted by molar-refractivity contribution is 0.272. The van der Waals surface area contributed by atoms with Crippen LogP contribution in [0.1, 0.15) is 46.5 Å². The summed E-state index contributed by atoms with van der Waals surface area (Å²) in [6.45, 7) is 8.24. The van der Waals surface area contributed by atoms with Crippen LogP contribution < -0.4 is 5.32 Å². The van der Waals surface area contributed by atoms with Gasteiger partial charge in [-0.2, -0.15) is 0 Å². The van der Waals surface area contributed by atoms with Crippen LogP contribution in [0.15, 0.2) is 11.6 Å². The lowest BCUT2D eigenvalue weighted by atomic mass is 9.80. The van der Waals surface area contributed by atoms with Crippen molar-refractivity contribution in [3.05, 3.63) is 11.6 Å². The van der Waals surface area contributed by atoms with Crippen LogP contribution in [0.25, 0.3) is 0 Å². The van der Waals surface area contributed by atoms with Crippen LogP contribution in [0, 0.1) is 11.8 Å². The van der Waals surface area contributed by atoms with E-state index in [1.54, 1.807) is 5.57 Å². The Kier molecular flexibility index (Phi) is 6.07. The second-order valence-electron chi connectivity index (χ2n) is 5.28. The van der Waals surface area contributed by atoms with Crippen molar-refractivity contribution in [1.82, 2.24) is 5.32 Å². The van der Waals surface area contributed by atoms with Gasteiger partial charge in [-0.25, -0.2) is 0 Å². The maximum Gasteiger partial charge on any atom is 0.0431 e. The molecule has 0 amide bonds. The van der Waals surface area contributed by atoms with Crippen LogP contribution in [-0.2, 0) is 0 Å². The molecule has 0 bridgehead atoms. The highest BCUT2D eigenvalue weighted by atomic mass is 16.2. The first kappa shape index (κ1) is 13.7. The van der Waals surface area contributed by atoms with Gasteiger partial charge in [0.1, 0.15) is 0 Å². The Morgan fingerprint density at radius 3 is 2.94 bits per heavy atom. The largest absolute Gasteiger partial charge is 0.396 e. The van der Waals surface area contributed by atoms with Crippen LogP contribution in [0.5, 0.6) is 0 Å². The van der Waals surface area contributed by atoms with Gasteiger partial charge in [0.25, 0.3) is 0 Å². The van der Waals surface area contributed by atoms with Gasteiger partial charge in [-0.15, -0.1) is 0 Å². The Bertz CT molecular complexity index is 225. The molecule has 3 atom stereocenters. The summed E-state index contributed by atoms with van der Waals surface area (Å²) in [4.78, 5) is 0. The van der Waals surface area contributed by atoms with E-state index < -0.39 is 0 Å². The van der Waals surface area contributed by atoms with Crippen molar-refractivity contribution < 1.29 is 5.11 Å².